The Morgan fingerprint density at radius 2 is 1.58 bits per heavy atom. The number of aryl methyl sites for hydroxylation is 1. The Morgan fingerprint density at radius 3 is 2.21 bits per heavy atom. The Balaban J connectivity index is 1.35. The molecule has 134 valence electrons. The highest BCUT2D eigenvalue weighted by molar-refractivity contribution is 5.23. The number of ether oxygens (including phenoxy) is 2. The summed E-state index contributed by atoms with van der Waals surface area (Å²) in [6, 6.07) is 8.86. The van der Waals surface area contributed by atoms with Gasteiger partial charge in [-0.2, -0.15) is 0 Å². The normalized spacial score (nSPS) is 31.1. The zero-order valence-corrected chi connectivity index (χ0v) is 15.5. The van der Waals surface area contributed by atoms with Gasteiger partial charge in [0, 0.05) is 6.61 Å². The molecule has 2 nitrogen and oxygen atoms in total. The van der Waals surface area contributed by atoms with E-state index in [0.29, 0.717) is 12.2 Å². The molecule has 0 bridgehead atoms. The van der Waals surface area contributed by atoms with Gasteiger partial charge in [0.1, 0.15) is 0 Å². The molecule has 0 N–H and O–H groups in total. The molecule has 1 aromatic carbocycles. The standard InChI is InChI=1S/C22H34O2/c1-3-23-21-13-8-18(9-14-21)6-7-19-10-15-22(24-16-19)20-11-4-17(2)5-12-20/h4-5,11-12,18-19,21-22H,3,6-10,13-16H2,1-2H3. The smallest absolute Gasteiger partial charge is 0.0825 e. The van der Waals surface area contributed by atoms with E-state index in [2.05, 4.69) is 38.1 Å². The molecule has 2 unspecified atom stereocenters. The fourth-order valence-corrected chi connectivity index (χ4v) is 4.37. The lowest BCUT2D eigenvalue weighted by Crippen LogP contribution is -2.24. The maximum absolute atomic E-state index is 6.19. The van der Waals surface area contributed by atoms with E-state index in [9.17, 15) is 0 Å². The average Bonchev–Trinajstić information content (AvgIpc) is 2.63. The van der Waals surface area contributed by atoms with Crippen LogP contribution in [0.2, 0.25) is 0 Å². The Morgan fingerprint density at radius 1 is 0.917 bits per heavy atom. The van der Waals surface area contributed by atoms with Crippen LogP contribution in [0.4, 0.5) is 0 Å². The van der Waals surface area contributed by atoms with E-state index >= 15 is 0 Å². The minimum atomic E-state index is 0.323. The monoisotopic (exact) mass is 330 g/mol. The molecule has 24 heavy (non-hydrogen) atoms. The Bertz CT molecular complexity index is 465. The van der Waals surface area contributed by atoms with Crippen molar-refractivity contribution < 1.29 is 9.47 Å². The van der Waals surface area contributed by atoms with Crippen molar-refractivity contribution in [2.24, 2.45) is 11.8 Å². The first-order chi connectivity index (χ1) is 11.7. The molecule has 0 spiro atoms. The van der Waals surface area contributed by atoms with E-state index in [4.69, 9.17) is 9.47 Å². The zero-order valence-electron chi connectivity index (χ0n) is 15.5. The summed E-state index contributed by atoms with van der Waals surface area (Å²) >= 11 is 0. The van der Waals surface area contributed by atoms with Crippen LogP contribution in [0.25, 0.3) is 0 Å². The van der Waals surface area contributed by atoms with Gasteiger partial charge in [0.15, 0.2) is 0 Å². The number of hydrogen-bond donors (Lipinski definition) is 0. The summed E-state index contributed by atoms with van der Waals surface area (Å²) in [6.07, 6.45) is 11.4. The van der Waals surface area contributed by atoms with Crippen LogP contribution in [0.5, 0.6) is 0 Å². The van der Waals surface area contributed by atoms with Crippen LogP contribution in [0.1, 0.15) is 75.5 Å². The second kappa shape index (κ2) is 9.01. The van der Waals surface area contributed by atoms with Crippen LogP contribution >= 0.6 is 0 Å². The van der Waals surface area contributed by atoms with Crippen molar-refractivity contribution in [1.82, 2.24) is 0 Å². The second-order valence-electron chi connectivity index (χ2n) is 7.85. The molecular weight excluding hydrogens is 296 g/mol. The third-order valence-electron chi connectivity index (χ3n) is 6.00. The summed E-state index contributed by atoms with van der Waals surface area (Å²) in [5.41, 5.74) is 2.68. The molecular formula is C22H34O2. The fraction of sp³-hybridized carbons (Fsp3) is 0.727. The van der Waals surface area contributed by atoms with Crippen LogP contribution in [0.3, 0.4) is 0 Å². The van der Waals surface area contributed by atoms with Gasteiger partial charge in [-0.05, 0) is 76.2 Å². The third-order valence-corrected chi connectivity index (χ3v) is 6.00. The molecule has 1 aliphatic carbocycles. The summed E-state index contributed by atoms with van der Waals surface area (Å²) in [4.78, 5) is 0. The number of hydrogen-bond acceptors (Lipinski definition) is 2. The molecule has 0 amide bonds. The predicted molar refractivity (Wildman–Crippen MR) is 99.2 cm³/mol. The molecule has 1 aliphatic heterocycles. The van der Waals surface area contributed by atoms with Gasteiger partial charge in [0.05, 0.1) is 18.8 Å². The zero-order chi connectivity index (χ0) is 16.8. The molecule has 0 aromatic heterocycles. The maximum Gasteiger partial charge on any atom is 0.0825 e. The van der Waals surface area contributed by atoms with E-state index in [1.165, 1.54) is 62.5 Å². The molecule has 1 heterocycles. The van der Waals surface area contributed by atoms with Gasteiger partial charge >= 0.3 is 0 Å². The molecule has 1 saturated heterocycles. The van der Waals surface area contributed by atoms with Gasteiger partial charge in [-0.1, -0.05) is 36.2 Å². The van der Waals surface area contributed by atoms with E-state index in [1.807, 2.05) is 0 Å². The van der Waals surface area contributed by atoms with Gasteiger partial charge in [-0.3, -0.25) is 0 Å². The van der Waals surface area contributed by atoms with Crippen LogP contribution in [0, 0.1) is 18.8 Å². The van der Waals surface area contributed by atoms with Crippen LogP contribution in [-0.2, 0) is 9.47 Å². The van der Waals surface area contributed by atoms with Gasteiger partial charge in [0.25, 0.3) is 0 Å². The van der Waals surface area contributed by atoms with E-state index in [1.54, 1.807) is 0 Å². The van der Waals surface area contributed by atoms with E-state index in [-0.39, 0.29) is 0 Å². The van der Waals surface area contributed by atoms with Crippen LogP contribution < -0.4 is 0 Å². The quantitative estimate of drug-likeness (QED) is 0.652. The van der Waals surface area contributed by atoms with Gasteiger partial charge < -0.3 is 9.47 Å². The van der Waals surface area contributed by atoms with Crippen molar-refractivity contribution in [1.29, 1.82) is 0 Å². The minimum Gasteiger partial charge on any atom is -0.379 e. The first kappa shape index (κ1) is 17.9. The molecule has 1 aromatic rings. The van der Waals surface area contributed by atoms with Crippen molar-refractivity contribution in [2.45, 2.75) is 77.4 Å². The van der Waals surface area contributed by atoms with Crippen molar-refractivity contribution in [3.63, 3.8) is 0 Å². The SMILES string of the molecule is CCOC1CCC(CCC2CCC(c3ccc(C)cc3)OC2)CC1. The Labute approximate surface area is 147 Å². The number of benzene rings is 1. The van der Waals surface area contributed by atoms with Crippen molar-refractivity contribution in [3.05, 3.63) is 35.4 Å². The lowest BCUT2D eigenvalue weighted by molar-refractivity contribution is -0.0224. The van der Waals surface area contributed by atoms with Gasteiger partial charge in [-0.25, -0.2) is 0 Å². The first-order valence-electron chi connectivity index (χ1n) is 10.0. The number of rotatable bonds is 6. The lowest BCUT2D eigenvalue weighted by Gasteiger charge is -2.32. The molecule has 0 radical (unpaired) electrons. The molecule has 2 fully saturated rings. The molecule has 1 saturated carbocycles. The summed E-state index contributed by atoms with van der Waals surface area (Å²) in [5.74, 6) is 1.70. The summed E-state index contributed by atoms with van der Waals surface area (Å²) in [6.45, 7) is 6.08. The molecule has 3 rings (SSSR count). The summed E-state index contributed by atoms with van der Waals surface area (Å²) < 4.78 is 12.0. The first-order valence-corrected chi connectivity index (χ1v) is 10.0. The van der Waals surface area contributed by atoms with Crippen molar-refractivity contribution in [2.75, 3.05) is 13.2 Å². The molecule has 2 heteroatoms. The average molecular weight is 331 g/mol. The molecule has 2 aliphatic rings. The summed E-state index contributed by atoms with van der Waals surface area (Å²) in [5, 5.41) is 0. The Hall–Kier alpha value is -0.860. The van der Waals surface area contributed by atoms with E-state index in [0.717, 1.165) is 25.0 Å². The van der Waals surface area contributed by atoms with E-state index < -0.39 is 0 Å². The van der Waals surface area contributed by atoms with Crippen molar-refractivity contribution >= 4 is 0 Å². The lowest BCUT2D eigenvalue weighted by atomic mass is 9.81. The van der Waals surface area contributed by atoms with Gasteiger partial charge in [-0.15, -0.1) is 0 Å². The maximum atomic E-state index is 6.19. The topological polar surface area (TPSA) is 18.5 Å². The predicted octanol–water partition coefficient (Wildman–Crippen LogP) is 5.84. The Kier molecular flexibility index (Phi) is 6.74. The van der Waals surface area contributed by atoms with Crippen molar-refractivity contribution in [3.8, 4) is 0 Å². The second-order valence-corrected chi connectivity index (χ2v) is 7.85. The molecule has 2 atom stereocenters. The summed E-state index contributed by atoms with van der Waals surface area (Å²) in [7, 11) is 0. The largest absolute Gasteiger partial charge is 0.379 e. The highest BCUT2D eigenvalue weighted by atomic mass is 16.5. The highest BCUT2D eigenvalue weighted by Crippen LogP contribution is 2.35. The third kappa shape index (κ3) is 5.07. The highest BCUT2D eigenvalue weighted by Gasteiger charge is 2.25. The fourth-order valence-electron chi connectivity index (χ4n) is 4.37. The van der Waals surface area contributed by atoms with Crippen LogP contribution in [-0.4, -0.2) is 19.3 Å². The van der Waals surface area contributed by atoms with Gasteiger partial charge in [0.2, 0.25) is 0 Å². The van der Waals surface area contributed by atoms with Crippen LogP contribution in [0.15, 0.2) is 24.3 Å². The minimum absolute atomic E-state index is 0.323.